The van der Waals surface area contributed by atoms with Gasteiger partial charge in [0, 0.05) is 13.6 Å². The Kier molecular flexibility index (Phi) is 1.57. The fourth-order valence-electron chi connectivity index (χ4n) is 0.756. The maximum atomic E-state index is 10.6. The number of amides is 1. The van der Waals surface area contributed by atoms with E-state index in [1.165, 1.54) is 4.90 Å². The van der Waals surface area contributed by atoms with Crippen molar-refractivity contribution in [2.75, 3.05) is 20.2 Å². The molecule has 2 N–H and O–H groups in total. The molecule has 4 nitrogen and oxygen atoms in total. The zero-order valence-corrected chi connectivity index (χ0v) is 5.33. The summed E-state index contributed by atoms with van der Waals surface area (Å²) >= 11 is 0. The van der Waals surface area contributed by atoms with Crippen LogP contribution in [-0.2, 0) is 4.74 Å². The second-order valence-electron chi connectivity index (χ2n) is 2.08. The highest BCUT2D eigenvalue weighted by Gasteiger charge is 2.27. The number of nitrogens with zero attached hydrogens (tertiary/aromatic N) is 1. The van der Waals surface area contributed by atoms with Gasteiger partial charge in [-0.1, -0.05) is 0 Å². The lowest BCUT2D eigenvalue weighted by molar-refractivity contribution is 0.163. The molecule has 9 heavy (non-hydrogen) atoms. The topological polar surface area (TPSA) is 55.6 Å². The highest BCUT2D eigenvalue weighted by Crippen LogP contribution is 2.06. The summed E-state index contributed by atoms with van der Waals surface area (Å²) in [6.07, 6.45) is -0.273. The van der Waals surface area contributed by atoms with Crippen molar-refractivity contribution in [2.45, 2.75) is 6.04 Å². The maximum absolute atomic E-state index is 10.6. The molecule has 1 atom stereocenters. The van der Waals surface area contributed by atoms with E-state index in [0.29, 0.717) is 13.2 Å². The van der Waals surface area contributed by atoms with E-state index in [0.717, 1.165) is 0 Å². The Morgan fingerprint density at radius 2 is 2.67 bits per heavy atom. The maximum Gasteiger partial charge on any atom is 0.409 e. The first kappa shape index (κ1) is 6.35. The average Bonchev–Trinajstić information content (AvgIpc) is 2.15. The van der Waals surface area contributed by atoms with Crippen molar-refractivity contribution in [3.05, 3.63) is 0 Å². The van der Waals surface area contributed by atoms with Gasteiger partial charge in [-0.05, 0) is 0 Å². The summed E-state index contributed by atoms with van der Waals surface area (Å²) in [5.41, 5.74) is 5.31. The van der Waals surface area contributed by atoms with E-state index >= 15 is 0 Å². The lowest BCUT2D eigenvalue weighted by Gasteiger charge is -2.12. The third kappa shape index (κ3) is 0.977. The zero-order valence-electron chi connectivity index (χ0n) is 5.33. The first-order chi connectivity index (χ1) is 4.25. The fraction of sp³-hybridized carbons (Fsp3) is 0.800. The largest absolute Gasteiger partial charge is 0.447 e. The predicted molar refractivity (Wildman–Crippen MR) is 32.0 cm³/mol. The highest BCUT2D eigenvalue weighted by atomic mass is 16.6. The Labute approximate surface area is 53.6 Å². The van der Waals surface area contributed by atoms with Crippen LogP contribution in [0.3, 0.4) is 0 Å². The first-order valence-corrected chi connectivity index (χ1v) is 2.85. The van der Waals surface area contributed by atoms with Gasteiger partial charge in [-0.2, -0.15) is 0 Å². The first-order valence-electron chi connectivity index (χ1n) is 2.85. The van der Waals surface area contributed by atoms with Gasteiger partial charge in [-0.3, -0.25) is 0 Å². The van der Waals surface area contributed by atoms with Gasteiger partial charge >= 0.3 is 6.09 Å². The Morgan fingerprint density at radius 3 is 2.89 bits per heavy atom. The zero-order chi connectivity index (χ0) is 6.85. The molecule has 1 rings (SSSR count). The summed E-state index contributed by atoms with van der Waals surface area (Å²) in [5.74, 6) is 0. The molecule has 52 valence electrons. The van der Waals surface area contributed by atoms with E-state index in [2.05, 4.69) is 4.74 Å². The molecule has 1 aliphatic rings. The normalized spacial score (nSPS) is 26.7. The monoisotopic (exact) mass is 130 g/mol. The number of carbonyl (C=O) groups excluding carboxylic acids is 1. The minimum Gasteiger partial charge on any atom is -0.447 e. The van der Waals surface area contributed by atoms with E-state index in [4.69, 9.17) is 5.73 Å². The van der Waals surface area contributed by atoms with E-state index in [9.17, 15) is 4.79 Å². The molecule has 1 amide bonds. The Hall–Kier alpha value is -0.770. The number of hydrogen-bond acceptors (Lipinski definition) is 3. The number of hydrogen-bond donors (Lipinski definition) is 1. The van der Waals surface area contributed by atoms with Crippen LogP contribution in [0, 0.1) is 0 Å². The number of cyclic esters (lactones) is 1. The molecule has 4 heteroatoms. The van der Waals surface area contributed by atoms with Gasteiger partial charge in [0.2, 0.25) is 0 Å². The molecular formula is C5H10N2O2. The summed E-state index contributed by atoms with van der Waals surface area (Å²) in [4.78, 5) is 12.1. The molecule has 0 aromatic heterocycles. The summed E-state index contributed by atoms with van der Waals surface area (Å²) in [5, 5.41) is 0. The fourth-order valence-corrected chi connectivity index (χ4v) is 0.756. The van der Waals surface area contributed by atoms with Crippen LogP contribution in [0.4, 0.5) is 4.79 Å². The Balaban J connectivity index is 2.51. The van der Waals surface area contributed by atoms with E-state index < -0.39 is 0 Å². The van der Waals surface area contributed by atoms with Crippen molar-refractivity contribution in [3.8, 4) is 0 Å². The minimum absolute atomic E-state index is 0.0810. The molecule has 0 aromatic rings. The third-order valence-electron chi connectivity index (χ3n) is 1.51. The quantitative estimate of drug-likeness (QED) is 0.515. The van der Waals surface area contributed by atoms with Gasteiger partial charge in [0.1, 0.15) is 6.61 Å². The SMILES string of the molecule is CN1C(=O)OCC1CN. The third-order valence-corrected chi connectivity index (χ3v) is 1.51. The molecule has 0 aromatic carbocycles. The number of rotatable bonds is 1. The molecule has 1 fully saturated rings. The van der Waals surface area contributed by atoms with Crippen molar-refractivity contribution in [3.63, 3.8) is 0 Å². The molecule has 1 unspecified atom stereocenters. The van der Waals surface area contributed by atoms with Gasteiger partial charge in [-0.15, -0.1) is 0 Å². The van der Waals surface area contributed by atoms with Gasteiger partial charge in [0.25, 0.3) is 0 Å². The van der Waals surface area contributed by atoms with Crippen LogP contribution in [0.2, 0.25) is 0 Å². The molecule has 1 saturated heterocycles. The molecule has 0 saturated carbocycles. The van der Waals surface area contributed by atoms with Crippen LogP contribution in [0.15, 0.2) is 0 Å². The van der Waals surface area contributed by atoms with Gasteiger partial charge < -0.3 is 15.4 Å². The smallest absolute Gasteiger partial charge is 0.409 e. The van der Waals surface area contributed by atoms with Gasteiger partial charge in [0.05, 0.1) is 6.04 Å². The van der Waals surface area contributed by atoms with E-state index in [1.807, 2.05) is 0 Å². The number of ether oxygens (including phenoxy) is 1. The van der Waals surface area contributed by atoms with Crippen LogP contribution < -0.4 is 5.73 Å². The van der Waals surface area contributed by atoms with Crippen molar-refractivity contribution >= 4 is 6.09 Å². The van der Waals surface area contributed by atoms with Crippen molar-refractivity contribution < 1.29 is 9.53 Å². The van der Waals surface area contributed by atoms with Crippen molar-refractivity contribution in [1.82, 2.24) is 4.90 Å². The summed E-state index contributed by atoms with van der Waals surface area (Å²) in [6, 6.07) is 0.0810. The molecule has 0 aliphatic carbocycles. The summed E-state index contributed by atoms with van der Waals surface area (Å²) in [7, 11) is 1.69. The molecule has 0 bridgehead atoms. The molecule has 1 aliphatic heterocycles. The second-order valence-corrected chi connectivity index (χ2v) is 2.08. The van der Waals surface area contributed by atoms with Crippen molar-refractivity contribution in [2.24, 2.45) is 5.73 Å². The van der Waals surface area contributed by atoms with E-state index in [1.54, 1.807) is 7.05 Å². The Bertz CT molecular complexity index is 126. The highest BCUT2D eigenvalue weighted by molar-refractivity contribution is 5.69. The van der Waals surface area contributed by atoms with Crippen LogP contribution in [0.25, 0.3) is 0 Å². The molecule has 1 heterocycles. The number of nitrogens with two attached hydrogens (primary N) is 1. The van der Waals surface area contributed by atoms with E-state index in [-0.39, 0.29) is 12.1 Å². The lowest BCUT2D eigenvalue weighted by atomic mass is 10.3. The second kappa shape index (κ2) is 2.23. The predicted octanol–water partition coefficient (Wildman–Crippen LogP) is -0.604. The number of carbonyl (C=O) groups is 1. The Morgan fingerprint density at radius 1 is 2.00 bits per heavy atom. The van der Waals surface area contributed by atoms with Crippen LogP contribution in [0.1, 0.15) is 0 Å². The summed E-state index contributed by atoms with van der Waals surface area (Å²) in [6.45, 7) is 0.911. The lowest BCUT2D eigenvalue weighted by Crippen LogP contribution is -2.35. The van der Waals surface area contributed by atoms with Crippen LogP contribution in [-0.4, -0.2) is 37.2 Å². The molecule has 0 spiro atoms. The molecule has 0 radical (unpaired) electrons. The number of likely N-dealkylation sites (N-methyl/N-ethyl adjacent to an activating group) is 1. The van der Waals surface area contributed by atoms with Crippen LogP contribution in [0.5, 0.6) is 0 Å². The van der Waals surface area contributed by atoms with Crippen molar-refractivity contribution in [1.29, 1.82) is 0 Å². The minimum atomic E-state index is -0.273. The van der Waals surface area contributed by atoms with Gasteiger partial charge in [0.15, 0.2) is 0 Å². The average molecular weight is 130 g/mol. The summed E-state index contributed by atoms with van der Waals surface area (Å²) < 4.78 is 4.68. The van der Waals surface area contributed by atoms with Crippen LogP contribution >= 0.6 is 0 Å². The molecular weight excluding hydrogens is 120 g/mol. The van der Waals surface area contributed by atoms with Gasteiger partial charge in [-0.25, -0.2) is 4.79 Å². The standard InChI is InChI=1S/C5H10N2O2/c1-7-4(2-6)3-9-5(7)8/h4H,2-3,6H2,1H3.